The van der Waals surface area contributed by atoms with E-state index in [1.54, 1.807) is 30.3 Å². The predicted molar refractivity (Wildman–Crippen MR) is 85.4 cm³/mol. The Morgan fingerprint density at radius 1 is 1.26 bits per heavy atom. The lowest BCUT2D eigenvalue weighted by Gasteiger charge is -2.11. The van der Waals surface area contributed by atoms with Gasteiger partial charge in [-0.1, -0.05) is 18.1 Å². The van der Waals surface area contributed by atoms with Gasteiger partial charge in [-0.15, -0.1) is 6.42 Å². The van der Waals surface area contributed by atoms with Crippen molar-refractivity contribution in [3.05, 3.63) is 53.8 Å². The maximum Gasteiger partial charge on any atom is 0.412 e. The molecule has 5 nitrogen and oxygen atoms in total. The molecule has 0 bridgehead atoms. The lowest BCUT2D eigenvalue weighted by atomic mass is 10.2. The molecule has 0 heterocycles. The third-order valence-electron chi connectivity index (χ3n) is 2.87. The van der Waals surface area contributed by atoms with Crippen molar-refractivity contribution in [3.63, 3.8) is 0 Å². The van der Waals surface area contributed by atoms with Gasteiger partial charge in [-0.2, -0.15) is 0 Å². The van der Waals surface area contributed by atoms with Crippen LogP contribution < -0.4 is 15.8 Å². The highest BCUT2D eigenvalue weighted by atomic mass is 19.1. The molecule has 0 unspecified atom stereocenters. The van der Waals surface area contributed by atoms with E-state index in [9.17, 15) is 9.18 Å². The van der Waals surface area contributed by atoms with Crippen LogP contribution in [0.3, 0.4) is 0 Å². The quantitative estimate of drug-likeness (QED) is 0.657. The number of carbonyl (C=O) groups is 1. The van der Waals surface area contributed by atoms with Gasteiger partial charge in [-0.25, -0.2) is 9.18 Å². The van der Waals surface area contributed by atoms with Gasteiger partial charge in [0.15, 0.2) is 6.61 Å². The van der Waals surface area contributed by atoms with Gasteiger partial charge in [-0.3, -0.25) is 5.32 Å². The summed E-state index contributed by atoms with van der Waals surface area (Å²) >= 11 is 0. The van der Waals surface area contributed by atoms with Crippen LogP contribution in [0.2, 0.25) is 0 Å². The molecule has 0 atom stereocenters. The SMILES string of the molecule is C#CCOC(=O)Nc1ccc(OCc2ccc(F)cc2)cc1N. The highest BCUT2D eigenvalue weighted by Crippen LogP contribution is 2.25. The zero-order valence-corrected chi connectivity index (χ0v) is 12.2. The van der Waals surface area contributed by atoms with Crippen molar-refractivity contribution in [1.29, 1.82) is 0 Å². The van der Waals surface area contributed by atoms with E-state index in [-0.39, 0.29) is 19.0 Å². The minimum Gasteiger partial charge on any atom is -0.489 e. The number of amides is 1. The standard InChI is InChI=1S/C17H15FN2O3/c1-2-9-22-17(21)20-16-8-7-14(10-15(16)19)23-11-12-3-5-13(18)6-4-12/h1,3-8,10H,9,11,19H2,(H,20,21). The number of terminal acetylenes is 1. The van der Waals surface area contributed by atoms with Gasteiger partial charge in [-0.05, 0) is 29.8 Å². The first-order valence-corrected chi connectivity index (χ1v) is 6.72. The van der Waals surface area contributed by atoms with Crippen LogP contribution in [0.15, 0.2) is 42.5 Å². The highest BCUT2D eigenvalue weighted by molar-refractivity contribution is 5.89. The minimum atomic E-state index is -0.686. The average molecular weight is 314 g/mol. The lowest BCUT2D eigenvalue weighted by Crippen LogP contribution is -2.14. The Morgan fingerprint density at radius 2 is 2.00 bits per heavy atom. The number of nitrogen functional groups attached to an aromatic ring is 1. The molecule has 0 radical (unpaired) electrons. The maximum absolute atomic E-state index is 12.8. The molecule has 2 aromatic rings. The van der Waals surface area contributed by atoms with Gasteiger partial charge in [0, 0.05) is 6.07 Å². The Kier molecular flexibility index (Phi) is 5.42. The molecule has 0 aliphatic heterocycles. The Balaban J connectivity index is 1.94. The molecule has 0 fully saturated rings. The van der Waals surface area contributed by atoms with Crippen LogP contribution in [-0.4, -0.2) is 12.7 Å². The molecule has 0 aliphatic carbocycles. The molecule has 3 N–H and O–H groups in total. The van der Waals surface area contributed by atoms with Crippen molar-refractivity contribution in [2.24, 2.45) is 0 Å². The normalized spacial score (nSPS) is 9.74. The summed E-state index contributed by atoms with van der Waals surface area (Å²) in [5.41, 5.74) is 7.38. The van der Waals surface area contributed by atoms with Gasteiger partial charge >= 0.3 is 6.09 Å². The molecule has 0 saturated heterocycles. The topological polar surface area (TPSA) is 73.6 Å². The van der Waals surface area contributed by atoms with E-state index in [0.29, 0.717) is 17.1 Å². The van der Waals surface area contributed by atoms with Gasteiger partial charge < -0.3 is 15.2 Å². The molecule has 2 rings (SSSR count). The van der Waals surface area contributed by atoms with Crippen LogP contribution in [0.5, 0.6) is 5.75 Å². The zero-order valence-electron chi connectivity index (χ0n) is 12.2. The monoisotopic (exact) mass is 314 g/mol. The van der Waals surface area contributed by atoms with Crippen LogP contribution in [0.1, 0.15) is 5.56 Å². The molecule has 6 heteroatoms. The first-order valence-electron chi connectivity index (χ1n) is 6.72. The molecule has 118 valence electrons. The van der Waals surface area contributed by atoms with E-state index in [1.807, 2.05) is 0 Å². The molecule has 1 amide bonds. The summed E-state index contributed by atoms with van der Waals surface area (Å²) < 4.78 is 23.1. The van der Waals surface area contributed by atoms with Crippen LogP contribution in [0.4, 0.5) is 20.6 Å². The zero-order chi connectivity index (χ0) is 16.7. The lowest BCUT2D eigenvalue weighted by molar-refractivity contribution is 0.176. The number of carbonyl (C=O) groups excluding carboxylic acids is 1. The van der Waals surface area contributed by atoms with Crippen molar-refractivity contribution >= 4 is 17.5 Å². The van der Waals surface area contributed by atoms with E-state index in [0.717, 1.165) is 5.56 Å². The number of ether oxygens (including phenoxy) is 2. The van der Waals surface area contributed by atoms with Crippen LogP contribution in [0, 0.1) is 18.2 Å². The average Bonchev–Trinajstić information content (AvgIpc) is 2.54. The predicted octanol–water partition coefficient (Wildman–Crippen LogP) is 3.17. The van der Waals surface area contributed by atoms with Crippen molar-refractivity contribution in [1.82, 2.24) is 0 Å². The molecule has 2 aromatic carbocycles. The largest absolute Gasteiger partial charge is 0.489 e. The summed E-state index contributed by atoms with van der Waals surface area (Å²) in [4.78, 5) is 11.4. The second-order valence-electron chi connectivity index (χ2n) is 4.57. The smallest absolute Gasteiger partial charge is 0.412 e. The summed E-state index contributed by atoms with van der Waals surface area (Å²) in [7, 11) is 0. The van der Waals surface area contributed by atoms with E-state index >= 15 is 0 Å². The molecule has 0 saturated carbocycles. The summed E-state index contributed by atoms with van der Waals surface area (Å²) in [5.74, 6) is 2.41. The number of nitrogens with two attached hydrogens (primary N) is 1. The van der Waals surface area contributed by atoms with Crippen LogP contribution in [-0.2, 0) is 11.3 Å². The fourth-order valence-electron chi connectivity index (χ4n) is 1.74. The van der Waals surface area contributed by atoms with Crippen molar-refractivity contribution in [2.75, 3.05) is 17.7 Å². The Hall–Kier alpha value is -3.20. The number of hydrogen-bond acceptors (Lipinski definition) is 4. The van der Waals surface area contributed by atoms with Crippen LogP contribution in [0.25, 0.3) is 0 Å². The summed E-state index contributed by atoms with van der Waals surface area (Å²) in [6, 6.07) is 10.8. The van der Waals surface area contributed by atoms with Crippen molar-refractivity contribution < 1.29 is 18.7 Å². The van der Waals surface area contributed by atoms with Gasteiger partial charge in [0.05, 0.1) is 11.4 Å². The summed E-state index contributed by atoms with van der Waals surface area (Å²) in [6.07, 6.45) is 4.31. The third kappa shape index (κ3) is 4.93. The fraction of sp³-hybridized carbons (Fsp3) is 0.118. The van der Waals surface area contributed by atoms with E-state index < -0.39 is 6.09 Å². The first-order chi connectivity index (χ1) is 11.1. The van der Waals surface area contributed by atoms with E-state index in [4.69, 9.17) is 21.6 Å². The molecular formula is C17H15FN2O3. The Morgan fingerprint density at radius 3 is 2.65 bits per heavy atom. The summed E-state index contributed by atoms with van der Waals surface area (Å²) in [5, 5.41) is 2.47. The van der Waals surface area contributed by atoms with Crippen molar-refractivity contribution in [2.45, 2.75) is 6.61 Å². The number of benzene rings is 2. The molecule has 23 heavy (non-hydrogen) atoms. The third-order valence-corrected chi connectivity index (χ3v) is 2.87. The van der Waals surface area contributed by atoms with Crippen LogP contribution >= 0.6 is 0 Å². The number of nitrogens with one attached hydrogen (secondary N) is 1. The number of anilines is 2. The van der Waals surface area contributed by atoms with Gasteiger partial charge in [0.25, 0.3) is 0 Å². The number of rotatable bonds is 5. The van der Waals surface area contributed by atoms with Crippen molar-refractivity contribution in [3.8, 4) is 18.1 Å². The fourth-order valence-corrected chi connectivity index (χ4v) is 1.74. The molecular weight excluding hydrogens is 299 g/mol. The second-order valence-corrected chi connectivity index (χ2v) is 4.57. The molecule has 0 aliphatic rings. The number of halogens is 1. The van der Waals surface area contributed by atoms with Gasteiger partial charge in [0.2, 0.25) is 0 Å². The Bertz CT molecular complexity index is 724. The molecule has 0 spiro atoms. The maximum atomic E-state index is 12.8. The first kappa shape index (κ1) is 16.2. The Labute approximate surface area is 133 Å². The second kappa shape index (κ2) is 7.71. The highest BCUT2D eigenvalue weighted by Gasteiger charge is 2.07. The number of hydrogen-bond donors (Lipinski definition) is 2. The molecule has 0 aromatic heterocycles. The van der Waals surface area contributed by atoms with E-state index in [1.165, 1.54) is 12.1 Å². The van der Waals surface area contributed by atoms with E-state index in [2.05, 4.69) is 11.2 Å². The minimum absolute atomic E-state index is 0.120. The van der Waals surface area contributed by atoms with Gasteiger partial charge in [0.1, 0.15) is 18.2 Å². The summed E-state index contributed by atoms with van der Waals surface area (Å²) in [6.45, 7) is 0.154.